The molecule has 1 aromatic carbocycles. The average molecular weight is 339 g/mol. The number of rotatable bonds is 4. The quantitative estimate of drug-likeness (QED) is 0.927. The molecule has 0 atom stereocenters. The lowest BCUT2D eigenvalue weighted by atomic mass is 10.1. The van der Waals surface area contributed by atoms with Crippen molar-refractivity contribution in [1.29, 1.82) is 0 Å². The molecule has 1 aliphatic rings. The highest BCUT2D eigenvalue weighted by Crippen LogP contribution is 2.13. The van der Waals surface area contributed by atoms with Crippen LogP contribution in [0.15, 0.2) is 36.5 Å². The third kappa shape index (κ3) is 4.68. The van der Waals surface area contributed by atoms with Crippen molar-refractivity contribution in [3.8, 4) is 0 Å². The molecule has 0 bridgehead atoms. The SMILES string of the molecule is Cc1ccc(CCNC(=O)N2CCN(c3ccnc(C)n3)CC2)cc1. The topological polar surface area (TPSA) is 61.4 Å². The number of hydrogen-bond donors (Lipinski definition) is 1. The molecule has 132 valence electrons. The van der Waals surface area contributed by atoms with Crippen molar-refractivity contribution in [3.63, 3.8) is 0 Å². The highest BCUT2D eigenvalue weighted by molar-refractivity contribution is 5.74. The summed E-state index contributed by atoms with van der Waals surface area (Å²) in [5.41, 5.74) is 2.50. The van der Waals surface area contributed by atoms with Crippen LogP contribution in [0, 0.1) is 13.8 Å². The summed E-state index contributed by atoms with van der Waals surface area (Å²) in [4.78, 5) is 25.0. The fraction of sp³-hybridized carbons (Fsp3) is 0.421. The van der Waals surface area contributed by atoms with Gasteiger partial charge in [0.2, 0.25) is 0 Å². The lowest BCUT2D eigenvalue weighted by molar-refractivity contribution is 0.194. The molecule has 0 aliphatic carbocycles. The Morgan fingerprint density at radius 3 is 2.48 bits per heavy atom. The van der Waals surface area contributed by atoms with Crippen molar-refractivity contribution >= 4 is 11.8 Å². The van der Waals surface area contributed by atoms with Crippen LogP contribution < -0.4 is 10.2 Å². The van der Waals surface area contributed by atoms with Crippen molar-refractivity contribution in [2.24, 2.45) is 0 Å². The highest BCUT2D eigenvalue weighted by atomic mass is 16.2. The summed E-state index contributed by atoms with van der Waals surface area (Å²) in [5, 5.41) is 3.02. The normalized spacial score (nSPS) is 14.5. The molecule has 25 heavy (non-hydrogen) atoms. The monoisotopic (exact) mass is 339 g/mol. The molecular weight excluding hydrogens is 314 g/mol. The first-order valence-electron chi connectivity index (χ1n) is 8.75. The Kier molecular flexibility index (Phi) is 5.48. The maximum Gasteiger partial charge on any atom is 0.317 e. The predicted molar refractivity (Wildman–Crippen MR) is 98.8 cm³/mol. The van der Waals surface area contributed by atoms with Gasteiger partial charge in [0.05, 0.1) is 0 Å². The van der Waals surface area contributed by atoms with E-state index in [9.17, 15) is 4.79 Å². The largest absolute Gasteiger partial charge is 0.353 e. The molecule has 1 aromatic heterocycles. The first-order valence-corrected chi connectivity index (χ1v) is 8.75. The van der Waals surface area contributed by atoms with E-state index in [0.717, 1.165) is 31.2 Å². The summed E-state index contributed by atoms with van der Waals surface area (Å²) in [6, 6.07) is 10.4. The number of aromatic nitrogens is 2. The Morgan fingerprint density at radius 1 is 1.08 bits per heavy atom. The molecule has 1 aliphatic heterocycles. The highest BCUT2D eigenvalue weighted by Gasteiger charge is 2.21. The van der Waals surface area contributed by atoms with Crippen LogP contribution in [0.4, 0.5) is 10.6 Å². The van der Waals surface area contributed by atoms with Gasteiger partial charge in [0.25, 0.3) is 0 Å². The van der Waals surface area contributed by atoms with E-state index in [1.165, 1.54) is 11.1 Å². The van der Waals surface area contributed by atoms with E-state index in [4.69, 9.17) is 0 Å². The zero-order valence-electron chi connectivity index (χ0n) is 14.9. The van der Waals surface area contributed by atoms with Crippen molar-refractivity contribution in [1.82, 2.24) is 20.2 Å². The van der Waals surface area contributed by atoms with Crippen molar-refractivity contribution in [2.45, 2.75) is 20.3 Å². The van der Waals surface area contributed by atoms with Gasteiger partial charge in [-0.2, -0.15) is 0 Å². The molecule has 2 heterocycles. The molecule has 3 rings (SSSR count). The van der Waals surface area contributed by atoms with Gasteiger partial charge >= 0.3 is 6.03 Å². The van der Waals surface area contributed by atoms with Crippen LogP contribution in [0.1, 0.15) is 17.0 Å². The van der Waals surface area contributed by atoms with Gasteiger partial charge in [0, 0.05) is 38.9 Å². The summed E-state index contributed by atoms with van der Waals surface area (Å²) in [5.74, 6) is 1.71. The molecule has 1 fully saturated rings. The zero-order chi connectivity index (χ0) is 17.6. The molecule has 1 N–H and O–H groups in total. The molecular formula is C19H25N5O. The number of benzene rings is 1. The summed E-state index contributed by atoms with van der Waals surface area (Å²) < 4.78 is 0. The standard InChI is InChI=1S/C19H25N5O/c1-15-3-5-17(6-4-15)7-9-21-19(25)24-13-11-23(12-14-24)18-8-10-20-16(2)22-18/h3-6,8,10H,7,9,11-14H2,1-2H3,(H,21,25). The lowest BCUT2D eigenvalue weighted by Crippen LogP contribution is -2.52. The number of carbonyl (C=O) groups excluding carboxylic acids is 1. The number of nitrogens with one attached hydrogen (secondary N) is 1. The number of amides is 2. The molecule has 0 radical (unpaired) electrons. The molecule has 2 amide bonds. The second kappa shape index (κ2) is 7.96. The third-order valence-corrected chi connectivity index (χ3v) is 4.46. The number of piperazine rings is 1. The van der Waals surface area contributed by atoms with Crippen LogP contribution in [0.25, 0.3) is 0 Å². The van der Waals surface area contributed by atoms with Gasteiger partial charge in [-0.1, -0.05) is 29.8 Å². The first-order chi connectivity index (χ1) is 12.1. The number of anilines is 1. The maximum atomic E-state index is 12.3. The fourth-order valence-corrected chi connectivity index (χ4v) is 2.94. The van der Waals surface area contributed by atoms with Crippen molar-refractivity contribution in [2.75, 3.05) is 37.6 Å². The Balaban J connectivity index is 1.43. The van der Waals surface area contributed by atoms with Crippen molar-refractivity contribution < 1.29 is 4.79 Å². The summed E-state index contributed by atoms with van der Waals surface area (Å²) >= 11 is 0. The van der Waals surface area contributed by atoms with Crippen LogP contribution in [-0.4, -0.2) is 53.6 Å². The molecule has 6 nitrogen and oxygen atoms in total. The molecule has 2 aromatic rings. The minimum atomic E-state index is 0.0191. The van der Waals surface area contributed by atoms with Gasteiger partial charge < -0.3 is 15.1 Å². The Bertz CT molecular complexity index is 708. The second-order valence-electron chi connectivity index (χ2n) is 6.40. The third-order valence-electron chi connectivity index (χ3n) is 4.46. The van der Waals surface area contributed by atoms with Crippen LogP contribution in [0.2, 0.25) is 0 Å². The van der Waals surface area contributed by atoms with Gasteiger partial charge in [-0.25, -0.2) is 14.8 Å². The second-order valence-corrected chi connectivity index (χ2v) is 6.40. The van der Waals surface area contributed by atoms with Crippen LogP contribution in [0.3, 0.4) is 0 Å². The van der Waals surface area contributed by atoms with E-state index in [-0.39, 0.29) is 6.03 Å². The zero-order valence-corrected chi connectivity index (χ0v) is 14.9. The number of carbonyl (C=O) groups is 1. The summed E-state index contributed by atoms with van der Waals surface area (Å²) in [6.07, 6.45) is 2.63. The minimum absolute atomic E-state index is 0.0191. The maximum absolute atomic E-state index is 12.3. The van der Waals surface area contributed by atoms with Gasteiger partial charge in [0.1, 0.15) is 11.6 Å². The van der Waals surface area contributed by atoms with E-state index >= 15 is 0 Å². The molecule has 1 saturated heterocycles. The molecule has 0 unspecified atom stereocenters. The fourth-order valence-electron chi connectivity index (χ4n) is 2.94. The van der Waals surface area contributed by atoms with Crippen LogP contribution in [-0.2, 0) is 6.42 Å². The minimum Gasteiger partial charge on any atom is -0.353 e. The van der Waals surface area contributed by atoms with Gasteiger partial charge in [-0.3, -0.25) is 0 Å². The number of urea groups is 1. The average Bonchev–Trinajstić information content (AvgIpc) is 2.63. The molecule has 0 spiro atoms. The Labute approximate surface area is 148 Å². The first kappa shape index (κ1) is 17.2. The van der Waals surface area contributed by atoms with Crippen molar-refractivity contribution in [3.05, 3.63) is 53.5 Å². The number of nitrogens with zero attached hydrogens (tertiary/aromatic N) is 4. The van der Waals surface area contributed by atoms with E-state index < -0.39 is 0 Å². The molecule has 6 heteroatoms. The Morgan fingerprint density at radius 2 is 1.80 bits per heavy atom. The van der Waals surface area contributed by atoms with E-state index in [0.29, 0.717) is 19.6 Å². The van der Waals surface area contributed by atoms with E-state index in [1.807, 2.05) is 17.9 Å². The van der Waals surface area contributed by atoms with E-state index in [2.05, 4.69) is 51.4 Å². The van der Waals surface area contributed by atoms with Gasteiger partial charge in [0.15, 0.2) is 0 Å². The van der Waals surface area contributed by atoms with Gasteiger partial charge in [-0.15, -0.1) is 0 Å². The van der Waals surface area contributed by atoms with Crippen LogP contribution in [0.5, 0.6) is 0 Å². The predicted octanol–water partition coefficient (Wildman–Crippen LogP) is 2.17. The smallest absolute Gasteiger partial charge is 0.317 e. The number of aryl methyl sites for hydroxylation is 2. The Hall–Kier alpha value is -2.63. The van der Waals surface area contributed by atoms with Crippen LogP contribution >= 0.6 is 0 Å². The van der Waals surface area contributed by atoms with Gasteiger partial charge in [-0.05, 0) is 31.9 Å². The van der Waals surface area contributed by atoms with E-state index in [1.54, 1.807) is 6.20 Å². The molecule has 0 saturated carbocycles. The number of hydrogen-bond acceptors (Lipinski definition) is 4. The lowest BCUT2D eigenvalue weighted by Gasteiger charge is -2.35. The summed E-state index contributed by atoms with van der Waals surface area (Å²) in [6.45, 7) is 7.63. The summed E-state index contributed by atoms with van der Waals surface area (Å²) in [7, 11) is 0.